The Balaban J connectivity index is 4.18. The zero-order chi connectivity index (χ0) is 9.56. The molecule has 6 heteroatoms. The Morgan fingerprint density at radius 2 is 2.25 bits per heavy atom. The van der Waals surface area contributed by atoms with Crippen LogP contribution in [0.5, 0.6) is 0 Å². The number of amides is 1. The summed E-state index contributed by atoms with van der Waals surface area (Å²) in [7, 11) is 0. The fourth-order valence-electron chi connectivity index (χ4n) is 0.534. The number of ether oxygens (including phenoxy) is 1. The standard InChI is InChI=1S/C6H9NO5/c1-2-12-6(11)4(5(9)10)7-3-8/h3-4H,2H2,1H3,(H,7,8)(H,9,10). The topological polar surface area (TPSA) is 92.7 Å². The van der Waals surface area contributed by atoms with Gasteiger partial charge in [0.15, 0.2) is 0 Å². The number of hydrogen-bond donors (Lipinski definition) is 2. The minimum Gasteiger partial charge on any atom is -0.479 e. The van der Waals surface area contributed by atoms with E-state index in [1.165, 1.54) is 6.92 Å². The predicted molar refractivity (Wildman–Crippen MR) is 37.3 cm³/mol. The number of carboxylic acids is 1. The first-order chi connectivity index (χ1) is 5.63. The van der Waals surface area contributed by atoms with Crippen molar-refractivity contribution in [2.45, 2.75) is 13.0 Å². The van der Waals surface area contributed by atoms with Crippen molar-refractivity contribution in [1.82, 2.24) is 5.32 Å². The van der Waals surface area contributed by atoms with Crippen LogP contribution in [0.3, 0.4) is 0 Å². The summed E-state index contributed by atoms with van der Waals surface area (Å²) in [6.07, 6.45) is 0.135. The lowest BCUT2D eigenvalue weighted by Crippen LogP contribution is -2.43. The SMILES string of the molecule is CCOC(=O)C(NC=O)C(=O)O. The van der Waals surface area contributed by atoms with E-state index in [9.17, 15) is 14.4 Å². The Labute approximate surface area is 68.5 Å². The number of carbonyl (C=O) groups is 3. The highest BCUT2D eigenvalue weighted by molar-refractivity contribution is 5.99. The summed E-state index contributed by atoms with van der Waals surface area (Å²) < 4.78 is 4.38. The summed E-state index contributed by atoms with van der Waals surface area (Å²) in [5.41, 5.74) is 0. The second-order valence-corrected chi connectivity index (χ2v) is 1.81. The quantitative estimate of drug-likeness (QED) is 0.309. The van der Waals surface area contributed by atoms with Gasteiger partial charge in [-0.3, -0.25) is 4.79 Å². The molecule has 0 saturated carbocycles. The smallest absolute Gasteiger partial charge is 0.340 e. The Morgan fingerprint density at radius 3 is 2.58 bits per heavy atom. The molecule has 1 unspecified atom stereocenters. The van der Waals surface area contributed by atoms with Crippen LogP contribution in [-0.2, 0) is 19.1 Å². The number of carboxylic acid groups (broad SMARTS) is 1. The van der Waals surface area contributed by atoms with Crippen LogP contribution in [0, 0.1) is 0 Å². The maximum Gasteiger partial charge on any atom is 0.340 e. The molecule has 68 valence electrons. The van der Waals surface area contributed by atoms with Gasteiger partial charge < -0.3 is 15.2 Å². The fourth-order valence-corrected chi connectivity index (χ4v) is 0.534. The van der Waals surface area contributed by atoms with Crippen molar-refractivity contribution >= 4 is 18.3 Å². The highest BCUT2D eigenvalue weighted by Crippen LogP contribution is 1.88. The molecule has 0 saturated heterocycles. The third-order valence-corrected chi connectivity index (χ3v) is 1.00. The summed E-state index contributed by atoms with van der Waals surface area (Å²) in [4.78, 5) is 30.9. The van der Waals surface area contributed by atoms with Crippen molar-refractivity contribution in [3.05, 3.63) is 0 Å². The van der Waals surface area contributed by atoms with Crippen molar-refractivity contribution in [2.24, 2.45) is 0 Å². The van der Waals surface area contributed by atoms with Crippen molar-refractivity contribution in [2.75, 3.05) is 6.61 Å². The molecule has 0 fully saturated rings. The van der Waals surface area contributed by atoms with Gasteiger partial charge in [-0.25, -0.2) is 9.59 Å². The molecule has 2 N–H and O–H groups in total. The highest BCUT2D eigenvalue weighted by Gasteiger charge is 2.26. The van der Waals surface area contributed by atoms with E-state index in [4.69, 9.17) is 5.11 Å². The van der Waals surface area contributed by atoms with Crippen molar-refractivity contribution < 1.29 is 24.2 Å². The van der Waals surface area contributed by atoms with Crippen molar-refractivity contribution in [1.29, 1.82) is 0 Å². The number of rotatable bonds is 5. The van der Waals surface area contributed by atoms with Gasteiger partial charge in [0.05, 0.1) is 6.61 Å². The molecule has 0 aromatic rings. The van der Waals surface area contributed by atoms with Gasteiger partial charge in [-0.15, -0.1) is 0 Å². The average Bonchev–Trinajstić information content (AvgIpc) is 1.99. The first-order valence-electron chi connectivity index (χ1n) is 3.22. The molecule has 0 aliphatic rings. The Morgan fingerprint density at radius 1 is 1.67 bits per heavy atom. The molecule has 1 amide bonds. The zero-order valence-electron chi connectivity index (χ0n) is 6.44. The van der Waals surface area contributed by atoms with E-state index >= 15 is 0 Å². The lowest BCUT2D eigenvalue weighted by Gasteiger charge is -2.08. The van der Waals surface area contributed by atoms with Crippen LogP contribution in [0.4, 0.5) is 0 Å². The molecule has 0 rings (SSSR count). The Hall–Kier alpha value is -1.59. The molecule has 0 heterocycles. The molecule has 1 atom stereocenters. The van der Waals surface area contributed by atoms with E-state index < -0.39 is 18.0 Å². The minimum atomic E-state index is -1.61. The molecule has 0 bridgehead atoms. The van der Waals surface area contributed by atoms with Gasteiger partial charge in [0.1, 0.15) is 0 Å². The third-order valence-electron chi connectivity index (χ3n) is 1.00. The van der Waals surface area contributed by atoms with Gasteiger partial charge in [0, 0.05) is 0 Å². The summed E-state index contributed by atoms with van der Waals surface area (Å²) in [5.74, 6) is -2.42. The Kier molecular flexibility index (Phi) is 4.43. The molecule has 12 heavy (non-hydrogen) atoms. The van der Waals surface area contributed by atoms with Gasteiger partial charge >= 0.3 is 11.9 Å². The molecule has 0 spiro atoms. The van der Waals surface area contributed by atoms with Crippen molar-refractivity contribution in [3.63, 3.8) is 0 Å². The van der Waals surface area contributed by atoms with Crippen LogP contribution in [0.25, 0.3) is 0 Å². The van der Waals surface area contributed by atoms with E-state index in [0.29, 0.717) is 0 Å². The molecule has 0 aromatic carbocycles. The van der Waals surface area contributed by atoms with Crippen LogP contribution < -0.4 is 5.32 Å². The average molecular weight is 175 g/mol. The molecular weight excluding hydrogens is 166 g/mol. The molecule has 0 radical (unpaired) electrons. The summed E-state index contributed by atoms with van der Waals surface area (Å²) in [5, 5.41) is 10.2. The van der Waals surface area contributed by atoms with Gasteiger partial charge in [0.2, 0.25) is 12.5 Å². The summed E-state index contributed by atoms with van der Waals surface area (Å²) >= 11 is 0. The molecule has 0 aliphatic carbocycles. The van der Waals surface area contributed by atoms with E-state index in [2.05, 4.69) is 4.74 Å². The molecule has 0 aliphatic heterocycles. The van der Waals surface area contributed by atoms with Crippen molar-refractivity contribution in [3.8, 4) is 0 Å². The van der Waals surface area contributed by atoms with Crippen LogP contribution in [0.2, 0.25) is 0 Å². The lowest BCUT2D eigenvalue weighted by molar-refractivity contribution is -0.155. The molecule has 6 nitrogen and oxygen atoms in total. The monoisotopic (exact) mass is 175 g/mol. The summed E-state index contributed by atoms with van der Waals surface area (Å²) in [6, 6.07) is -1.61. The van der Waals surface area contributed by atoms with Crippen LogP contribution in [0.15, 0.2) is 0 Å². The van der Waals surface area contributed by atoms with Gasteiger partial charge in [-0.2, -0.15) is 0 Å². The summed E-state index contributed by atoms with van der Waals surface area (Å²) in [6.45, 7) is 1.61. The number of hydrogen-bond acceptors (Lipinski definition) is 4. The normalized spacial score (nSPS) is 11.4. The third kappa shape index (κ3) is 3.00. The number of carbonyl (C=O) groups excluding carboxylic acids is 2. The van der Waals surface area contributed by atoms with Crippen LogP contribution in [-0.4, -0.2) is 36.1 Å². The number of aliphatic carboxylic acids is 1. The minimum absolute atomic E-state index is 0.0726. The van der Waals surface area contributed by atoms with Gasteiger partial charge in [-0.1, -0.05) is 0 Å². The van der Waals surface area contributed by atoms with Crippen LogP contribution >= 0.6 is 0 Å². The molecule has 0 aromatic heterocycles. The van der Waals surface area contributed by atoms with E-state index in [-0.39, 0.29) is 13.0 Å². The largest absolute Gasteiger partial charge is 0.479 e. The second kappa shape index (κ2) is 5.11. The highest BCUT2D eigenvalue weighted by atomic mass is 16.5. The number of esters is 1. The first kappa shape index (κ1) is 10.4. The maximum absolute atomic E-state index is 10.8. The maximum atomic E-state index is 10.8. The number of nitrogens with one attached hydrogen (secondary N) is 1. The van der Waals surface area contributed by atoms with E-state index in [0.717, 1.165) is 0 Å². The van der Waals surface area contributed by atoms with E-state index in [1.807, 2.05) is 5.32 Å². The zero-order valence-corrected chi connectivity index (χ0v) is 6.44. The Bertz CT molecular complexity index is 190. The molecular formula is C6H9NO5. The second-order valence-electron chi connectivity index (χ2n) is 1.81. The lowest BCUT2D eigenvalue weighted by atomic mass is 10.3. The predicted octanol–water partition coefficient (Wildman–Crippen LogP) is -1.25. The van der Waals surface area contributed by atoms with Crippen LogP contribution in [0.1, 0.15) is 6.92 Å². The fraction of sp³-hybridized carbons (Fsp3) is 0.500. The van der Waals surface area contributed by atoms with Gasteiger partial charge in [0.25, 0.3) is 0 Å². The van der Waals surface area contributed by atoms with E-state index in [1.54, 1.807) is 0 Å². The van der Waals surface area contributed by atoms with Gasteiger partial charge in [-0.05, 0) is 6.92 Å². The first-order valence-corrected chi connectivity index (χ1v) is 3.22.